The first-order valence-electron chi connectivity index (χ1n) is 7.39. The summed E-state index contributed by atoms with van der Waals surface area (Å²) < 4.78 is 5.39. The lowest BCUT2D eigenvalue weighted by atomic mass is 10.1. The van der Waals surface area contributed by atoms with Gasteiger partial charge in [0, 0.05) is 13.1 Å². The molecule has 3 aromatic rings. The predicted molar refractivity (Wildman–Crippen MR) is 84.3 cm³/mol. The molecule has 0 spiro atoms. The highest BCUT2D eigenvalue weighted by Crippen LogP contribution is 2.31. The van der Waals surface area contributed by atoms with E-state index in [-0.39, 0.29) is 0 Å². The average molecular weight is 282 g/mol. The fourth-order valence-electron chi connectivity index (χ4n) is 3.00. The summed E-state index contributed by atoms with van der Waals surface area (Å²) in [6.45, 7) is 2.15. The zero-order valence-corrected chi connectivity index (χ0v) is 11.8. The molecule has 3 heterocycles. The van der Waals surface area contributed by atoms with Crippen molar-refractivity contribution in [3.05, 3.63) is 30.5 Å². The van der Waals surface area contributed by atoms with Crippen LogP contribution in [0.2, 0.25) is 0 Å². The molecule has 0 aliphatic carbocycles. The van der Waals surface area contributed by atoms with Crippen LogP contribution in [0.3, 0.4) is 0 Å². The van der Waals surface area contributed by atoms with Gasteiger partial charge in [0.2, 0.25) is 0 Å². The molecule has 21 heavy (non-hydrogen) atoms. The molecule has 108 valence electrons. The predicted octanol–water partition coefficient (Wildman–Crippen LogP) is 3.40. The fourth-order valence-corrected chi connectivity index (χ4v) is 3.00. The maximum Gasteiger partial charge on any atom is 0.174 e. The van der Waals surface area contributed by atoms with Gasteiger partial charge in [-0.15, -0.1) is 0 Å². The minimum absolute atomic E-state index is 0.740. The van der Waals surface area contributed by atoms with E-state index in [0.717, 1.165) is 47.1 Å². The van der Waals surface area contributed by atoms with Gasteiger partial charge in [-0.1, -0.05) is 0 Å². The topological polar surface area (TPSA) is 71.1 Å². The number of fused-ring (bicyclic) bond motifs is 1. The van der Waals surface area contributed by atoms with Crippen molar-refractivity contribution in [2.24, 2.45) is 0 Å². The molecule has 4 rings (SSSR count). The van der Waals surface area contributed by atoms with Crippen molar-refractivity contribution in [2.45, 2.75) is 19.3 Å². The molecule has 2 aromatic heterocycles. The number of H-pyrrole nitrogens is 1. The van der Waals surface area contributed by atoms with Crippen LogP contribution in [0.1, 0.15) is 19.3 Å². The summed E-state index contributed by atoms with van der Waals surface area (Å²) in [5, 5.41) is 0. The van der Waals surface area contributed by atoms with Crippen molar-refractivity contribution >= 4 is 22.4 Å². The molecule has 1 saturated heterocycles. The molecule has 0 amide bonds. The third-order valence-electron chi connectivity index (χ3n) is 4.08. The van der Waals surface area contributed by atoms with Gasteiger partial charge in [0.1, 0.15) is 0 Å². The molecule has 1 aliphatic heterocycles. The number of nitrogens with two attached hydrogens (primary N) is 1. The number of furan rings is 1. The monoisotopic (exact) mass is 282 g/mol. The Balaban J connectivity index is 1.77. The van der Waals surface area contributed by atoms with Crippen LogP contribution in [0.15, 0.2) is 34.9 Å². The van der Waals surface area contributed by atoms with E-state index in [9.17, 15) is 0 Å². The van der Waals surface area contributed by atoms with E-state index in [4.69, 9.17) is 10.2 Å². The normalized spacial score (nSPS) is 15.7. The number of piperidine rings is 1. The van der Waals surface area contributed by atoms with E-state index >= 15 is 0 Å². The van der Waals surface area contributed by atoms with Gasteiger partial charge >= 0.3 is 0 Å². The molecule has 0 bridgehead atoms. The molecule has 0 radical (unpaired) electrons. The number of imidazole rings is 1. The third-order valence-corrected chi connectivity index (χ3v) is 4.08. The second kappa shape index (κ2) is 4.84. The Bertz CT molecular complexity index is 754. The molecule has 1 aliphatic rings. The van der Waals surface area contributed by atoms with Crippen LogP contribution >= 0.6 is 0 Å². The van der Waals surface area contributed by atoms with E-state index < -0.39 is 0 Å². The van der Waals surface area contributed by atoms with Crippen LogP contribution in [-0.2, 0) is 0 Å². The van der Waals surface area contributed by atoms with Crippen LogP contribution in [0.25, 0.3) is 22.6 Å². The summed E-state index contributed by atoms with van der Waals surface area (Å²) in [5.74, 6) is 1.48. The number of aromatic amines is 1. The van der Waals surface area contributed by atoms with Crippen molar-refractivity contribution in [2.75, 3.05) is 23.7 Å². The number of anilines is 2. The van der Waals surface area contributed by atoms with Gasteiger partial charge in [-0.05, 0) is 43.5 Å². The van der Waals surface area contributed by atoms with Gasteiger partial charge in [-0.2, -0.15) is 0 Å². The Labute approximate surface area is 122 Å². The summed E-state index contributed by atoms with van der Waals surface area (Å²) in [7, 11) is 0. The van der Waals surface area contributed by atoms with Crippen molar-refractivity contribution < 1.29 is 4.42 Å². The zero-order chi connectivity index (χ0) is 14.2. The smallest absolute Gasteiger partial charge is 0.174 e. The standard InChI is InChI=1S/C16H18N4O/c17-11-9-12-13(10-14(11)20-6-2-1-3-7-20)19-16(18-12)15-5-4-8-21-15/h4-5,8-10H,1-3,6-7,17H2,(H,18,19). The molecular weight excluding hydrogens is 264 g/mol. The minimum atomic E-state index is 0.740. The second-order valence-electron chi connectivity index (χ2n) is 5.54. The van der Waals surface area contributed by atoms with E-state index in [0.29, 0.717) is 0 Å². The molecule has 1 aromatic carbocycles. The Kier molecular flexibility index (Phi) is 2.84. The minimum Gasteiger partial charge on any atom is -0.461 e. The van der Waals surface area contributed by atoms with Gasteiger partial charge < -0.3 is 20.0 Å². The molecule has 0 saturated carbocycles. The van der Waals surface area contributed by atoms with Crippen LogP contribution < -0.4 is 10.6 Å². The highest BCUT2D eigenvalue weighted by Gasteiger charge is 2.16. The highest BCUT2D eigenvalue weighted by atomic mass is 16.3. The number of hydrogen-bond donors (Lipinski definition) is 2. The molecule has 5 nitrogen and oxygen atoms in total. The fraction of sp³-hybridized carbons (Fsp3) is 0.312. The van der Waals surface area contributed by atoms with E-state index in [1.807, 2.05) is 18.2 Å². The molecule has 3 N–H and O–H groups in total. The van der Waals surface area contributed by atoms with Gasteiger partial charge in [0.25, 0.3) is 0 Å². The SMILES string of the molecule is Nc1cc2[nH]c(-c3ccco3)nc2cc1N1CCCCC1. The first kappa shape index (κ1) is 12.3. The van der Waals surface area contributed by atoms with Gasteiger partial charge in [0.05, 0.1) is 28.7 Å². The van der Waals surface area contributed by atoms with Gasteiger partial charge in [0.15, 0.2) is 11.6 Å². The number of aromatic nitrogens is 2. The van der Waals surface area contributed by atoms with E-state index in [1.54, 1.807) is 6.26 Å². The largest absolute Gasteiger partial charge is 0.461 e. The Morgan fingerprint density at radius 1 is 1.19 bits per heavy atom. The number of nitrogens with one attached hydrogen (secondary N) is 1. The van der Waals surface area contributed by atoms with Gasteiger partial charge in [-0.3, -0.25) is 0 Å². The van der Waals surface area contributed by atoms with Crippen molar-refractivity contribution in [3.8, 4) is 11.6 Å². The van der Waals surface area contributed by atoms with Crippen molar-refractivity contribution in [1.29, 1.82) is 0 Å². The molecule has 0 unspecified atom stereocenters. The third kappa shape index (κ3) is 2.14. The molecule has 5 heteroatoms. The van der Waals surface area contributed by atoms with E-state index in [1.165, 1.54) is 19.3 Å². The summed E-state index contributed by atoms with van der Waals surface area (Å²) >= 11 is 0. The summed E-state index contributed by atoms with van der Waals surface area (Å²) in [5.41, 5.74) is 10.0. The molecule has 1 fully saturated rings. The van der Waals surface area contributed by atoms with Crippen LogP contribution in [0, 0.1) is 0 Å². The number of benzene rings is 1. The van der Waals surface area contributed by atoms with Crippen LogP contribution in [0.5, 0.6) is 0 Å². The second-order valence-corrected chi connectivity index (χ2v) is 5.54. The highest BCUT2D eigenvalue weighted by molar-refractivity contribution is 5.88. The first-order valence-corrected chi connectivity index (χ1v) is 7.39. The van der Waals surface area contributed by atoms with Gasteiger partial charge in [-0.25, -0.2) is 4.98 Å². The molecule has 0 atom stereocenters. The first-order chi connectivity index (χ1) is 10.3. The number of rotatable bonds is 2. The Morgan fingerprint density at radius 3 is 2.81 bits per heavy atom. The van der Waals surface area contributed by atoms with Crippen LogP contribution in [-0.4, -0.2) is 23.1 Å². The molecular formula is C16H18N4O. The quantitative estimate of drug-likeness (QED) is 0.707. The Morgan fingerprint density at radius 2 is 2.05 bits per heavy atom. The lowest BCUT2D eigenvalue weighted by Gasteiger charge is -2.29. The maximum absolute atomic E-state index is 6.23. The van der Waals surface area contributed by atoms with Crippen molar-refractivity contribution in [1.82, 2.24) is 9.97 Å². The van der Waals surface area contributed by atoms with Crippen molar-refractivity contribution in [3.63, 3.8) is 0 Å². The van der Waals surface area contributed by atoms with E-state index in [2.05, 4.69) is 20.9 Å². The Hall–Kier alpha value is -2.43. The number of hydrogen-bond acceptors (Lipinski definition) is 4. The zero-order valence-electron chi connectivity index (χ0n) is 11.8. The summed E-state index contributed by atoms with van der Waals surface area (Å²) in [6, 6.07) is 7.81. The van der Waals surface area contributed by atoms with Crippen LogP contribution in [0.4, 0.5) is 11.4 Å². The average Bonchev–Trinajstić information content (AvgIpc) is 3.16. The summed E-state index contributed by atoms with van der Waals surface area (Å²) in [6.07, 6.45) is 5.42. The number of nitrogen functional groups attached to an aromatic ring is 1. The summed E-state index contributed by atoms with van der Waals surface area (Å²) in [4.78, 5) is 10.2. The maximum atomic E-state index is 6.23. The lowest BCUT2D eigenvalue weighted by Crippen LogP contribution is -2.30. The lowest BCUT2D eigenvalue weighted by molar-refractivity contribution is 0.578. The number of nitrogens with zero attached hydrogens (tertiary/aromatic N) is 2.